The minimum absolute atomic E-state index is 0.0460. The van der Waals surface area contributed by atoms with E-state index in [0.29, 0.717) is 35.2 Å². The fraction of sp³-hybridized carbons (Fsp3) is 0.667. The highest BCUT2D eigenvalue weighted by Crippen LogP contribution is 2.50. The van der Waals surface area contributed by atoms with Gasteiger partial charge in [-0.3, -0.25) is 4.79 Å². The van der Waals surface area contributed by atoms with Crippen LogP contribution in [0.1, 0.15) is 63.9 Å². The first-order valence-corrected chi connectivity index (χ1v) is 10.6. The van der Waals surface area contributed by atoms with Crippen molar-refractivity contribution in [3.05, 3.63) is 29.8 Å². The molecule has 5 atom stereocenters. The van der Waals surface area contributed by atoms with Gasteiger partial charge in [0, 0.05) is 11.7 Å². The molecule has 1 aromatic rings. The number of hydrogen-bond acceptors (Lipinski definition) is 4. The van der Waals surface area contributed by atoms with Crippen molar-refractivity contribution < 1.29 is 13.7 Å². The van der Waals surface area contributed by atoms with Gasteiger partial charge in [0.05, 0.1) is 18.1 Å². The Bertz CT molecular complexity index is 610. The zero-order valence-corrected chi connectivity index (χ0v) is 16.0. The molecule has 2 aliphatic carbocycles. The molecule has 0 radical (unpaired) electrons. The van der Waals surface area contributed by atoms with Gasteiger partial charge in [-0.05, 0) is 67.6 Å². The van der Waals surface area contributed by atoms with Crippen molar-refractivity contribution in [2.24, 2.45) is 11.8 Å². The Hall–Kier alpha value is -1.00. The maximum atomic E-state index is 12.0. The number of carbonyl (C=O) groups is 1. The lowest BCUT2D eigenvalue weighted by Crippen LogP contribution is -2.37. The van der Waals surface area contributed by atoms with E-state index in [1.165, 1.54) is 31.2 Å². The Kier molecular flexibility index (Phi) is 5.10. The van der Waals surface area contributed by atoms with Crippen LogP contribution >= 0.6 is 12.0 Å². The van der Waals surface area contributed by atoms with Gasteiger partial charge < -0.3 is 8.92 Å². The summed E-state index contributed by atoms with van der Waals surface area (Å²) in [5.41, 5.74) is 1.41. The Labute approximate surface area is 155 Å². The molecule has 1 heterocycles. The lowest BCUT2D eigenvalue weighted by molar-refractivity contribution is -0.122. The molecule has 0 bridgehead atoms. The quantitative estimate of drug-likeness (QED) is 0.520. The first-order chi connectivity index (χ1) is 12.2. The van der Waals surface area contributed by atoms with E-state index in [1.54, 1.807) is 12.0 Å². The second-order valence-corrected chi connectivity index (χ2v) is 8.84. The molecule has 136 valence electrons. The van der Waals surface area contributed by atoms with Gasteiger partial charge in [-0.2, -0.15) is 0 Å². The zero-order valence-electron chi connectivity index (χ0n) is 15.1. The molecule has 0 N–H and O–H groups in total. The molecule has 25 heavy (non-hydrogen) atoms. The number of fused-ring (bicyclic) bond motifs is 3. The molecule has 0 spiro atoms. The molecule has 3 fully saturated rings. The van der Waals surface area contributed by atoms with Gasteiger partial charge in [0.25, 0.3) is 0 Å². The average molecular weight is 361 g/mol. The van der Waals surface area contributed by atoms with Gasteiger partial charge in [-0.1, -0.05) is 26.0 Å². The number of ketones is 1. The van der Waals surface area contributed by atoms with Crippen molar-refractivity contribution >= 4 is 17.8 Å². The summed E-state index contributed by atoms with van der Waals surface area (Å²) in [6.07, 6.45) is 6.70. The number of carbonyl (C=O) groups excluding carboxylic acids is 1. The average Bonchev–Trinajstić information content (AvgIpc) is 3.43. The highest BCUT2D eigenvalue weighted by Gasteiger charge is 2.57. The second kappa shape index (κ2) is 7.32. The van der Waals surface area contributed by atoms with Gasteiger partial charge in [0.1, 0.15) is 11.9 Å². The third-order valence-corrected chi connectivity index (χ3v) is 7.33. The van der Waals surface area contributed by atoms with Crippen LogP contribution in [0.2, 0.25) is 0 Å². The van der Waals surface area contributed by atoms with Gasteiger partial charge in [-0.15, -0.1) is 0 Å². The summed E-state index contributed by atoms with van der Waals surface area (Å²) >= 11 is 1.60. The van der Waals surface area contributed by atoms with E-state index in [9.17, 15) is 4.79 Å². The molecule has 1 aliphatic heterocycles. The van der Waals surface area contributed by atoms with Crippen molar-refractivity contribution in [3.8, 4) is 5.75 Å². The smallest absolute Gasteiger partial charge is 0.164 e. The fourth-order valence-corrected chi connectivity index (χ4v) is 5.68. The van der Waals surface area contributed by atoms with Crippen molar-refractivity contribution in [2.45, 2.75) is 75.7 Å². The lowest BCUT2D eigenvalue weighted by Gasteiger charge is -2.36. The van der Waals surface area contributed by atoms with Crippen molar-refractivity contribution in [2.75, 3.05) is 0 Å². The van der Waals surface area contributed by atoms with E-state index in [-0.39, 0.29) is 12.2 Å². The molecular weight excluding hydrogens is 332 g/mol. The third kappa shape index (κ3) is 3.61. The Morgan fingerprint density at radius 3 is 2.68 bits per heavy atom. The van der Waals surface area contributed by atoms with Crippen LogP contribution < -0.4 is 4.18 Å². The number of Topliss-reactive ketones (excluding diaryl/α,β-unsaturated/α-hetero) is 1. The second-order valence-electron chi connectivity index (χ2n) is 7.81. The van der Waals surface area contributed by atoms with E-state index in [4.69, 9.17) is 8.92 Å². The predicted molar refractivity (Wildman–Crippen MR) is 101 cm³/mol. The van der Waals surface area contributed by atoms with Crippen LogP contribution in [0, 0.1) is 11.8 Å². The molecule has 5 unspecified atom stereocenters. The van der Waals surface area contributed by atoms with Crippen LogP contribution in [-0.2, 0) is 9.53 Å². The first-order valence-electron chi connectivity index (χ1n) is 9.81. The summed E-state index contributed by atoms with van der Waals surface area (Å²) in [5, 5.41) is 0.489. The van der Waals surface area contributed by atoms with Crippen LogP contribution in [0.5, 0.6) is 5.75 Å². The normalized spacial score (nSPS) is 33.7. The standard InChI is InChI=1S/C21H28O3S/c1-3-13(4-2)14-5-7-16(8-6-14)24-25-17-9-10-18-15(11-17)12-19(22)21-20(18)23-21/h5-8,13,15,17-18,20-21H,3-4,9-12H2,1-2H3. The van der Waals surface area contributed by atoms with Gasteiger partial charge in [0.15, 0.2) is 5.78 Å². The molecule has 3 aliphatic rings. The molecule has 3 nitrogen and oxygen atoms in total. The molecule has 2 saturated carbocycles. The topological polar surface area (TPSA) is 38.8 Å². The predicted octanol–water partition coefficient (Wildman–Crippen LogP) is 5.14. The number of hydrogen-bond donors (Lipinski definition) is 0. The molecule has 1 aromatic carbocycles. The van der Waals surface area contributed by atoms with Crippen LogP contribution in [0.3, 0.4) is 0 Å². The van der Waals surface area contributed by atoms with Crippen molar-refractivity contribution in [3.63, 3.8) is 0 Å². The van der Waals surface area contributed by atoms with Crippen LogP contribution in [-0.4, -0.2) is 23.2 Å². The number of benzene rings is 1. The zero-order chi connectivity index (χ0) is 17.4. The lowest BCUT2D eigenvalue weighted by atomic mass is 9.70. The maximum absolute atomic E-state index is 12.0. The highest BCUT2D eigenvalue weighted by atomic mass is 32.2. The van der Waals surface area contributed by atoms with Crippen LogP contribution in [0.15, 0.2) is 24.3 Å². The van der Waals surface area contributed by atoms with Crippen molar-refractivity contribution in [1.82, 2.24) is 0 Å². The monoisotopic (exact) mass is 360 g/mol. The van der Waals surface area contributed by atoms with E-state index in [2.05, 4.69) is 38.1 Å². The van der Waals surface area contributed by atoms with E-state index < -0.39 is 0 Å². The summed E-state index contributed by atoms with van der Waals surface area (Å²) in [4.78, 5) is 12.0. The Morgan fingerprint density at radius 1 is 1.20 bits per heavy atom. The van der Waals surface area contributed by atoms with E-state index in [0.717, 1.165) is 12.2 Å². The maximum Gasteiger partial charge on any atom is 0.164 e. The number of epoxide rings is 1. The third-order valence-electron chi connectivity index (χ3n) is 6.34. The van der Waals surface area contributed by atoms with Crippen LogP contribution in [0.25, 0.3) is 0 Å². The van der Waals surface area contributed by atoms with Crippen LogP contribution in [0.4, 0.5) is 0 Å². The summed E-state index contributed by atoms with van der Waals surface area (Å²) in [5.74, 6) is 3.03. The molecular formula is C21H28O3S. The fourth-order valence-electron chi connectivity index (χ4n) is 4.76. The molecule has 4 rings (SSSR count). The first kappa shape index (κ1) is 17.4. The minimum Gasteiger partial charge on any atom is -0.426 e. The summed E-state index contributed by atoms with van der Waals surface area (Å²) in [7, 11) is 0. The molecule has 1 saturated heterocycles. The highest BCUT2D eigenvalue weighted by molar-refractivity contribution is 7.95. The Balaban J connectivity index is 1.29. The van der Waals surface area contributed by atoms with E-state index >= 15 is 0 Å². The number of rotatable bonds is 6. The molecule has 4 heteroatoms. The minimum atomic E-state index is -0.0460. The number of ether oxygens (including phenoxy) is 1. The summed E-state index contributed by atoms with van der Waals surface area (Å²) < 4.78 is 11.6. The van der Waals surface area contributed by atoms with Crippen molar-refractivity contribution in [1.29, 1.82) is 0 Å². The molecule has 0 aromatic heterocycles. The van der Waals surface area contributed by atoms with Gasteiger partial charge in [-0.25, -0.2) is 0 Å². The van der Waals surface area contributed by atoms with Gasteiger partial charge >= 0.3 is 0 Å². The van der Waals surface area contributed by atoms with Gasteiger partial charge in [0.2, 0.25) is 0 Å². The molecule has 0 amide bonds. The summed E-state index contributed by atoms with van der Waals surface area (Å²) in [6, 6.07) is 8.60. The summed E-state index contributed by atoms with van der Waals surface area (Å²) in [6.45, 7) is 4.49. The van der Waals surface area contributed by atoms with E-state index in [1.807, 2.05) is 0 Å². The Morgan fingerprint density at radius 2 is 1.96 bits per heavy atom. The SMILES string of the molecule is CCC(CC)c1ccc(OSC2CCC3C(CC(=O)C4OC43)C2)cc1. The largest absolute Gasteiger partial charge is 0.426 e.